The first kappa shape index (κ1) is 18.7. The first-order valence-corrected chi connectivity index (χ1v) is 8.96. The fourth-order valence-electron chi connectivity index (χ4n) is 3.07. The topological polar surface area (TPSA) is 77.5 Å². The Morgan fingerprint density at radius 2 is 2.29 bits per heavy atom. The van der Waals surface area contributed by atoms with Crippen LogP contribution in [-0.4, -0.2) is 59.2 Å². The minimum Gasteiger partial charge on any atom is -0.395 e. The molecular weight excluding hydrogens is 304 g/mol. The van der Waals surface area contributed by atoms with Gasteiger partial charge in [0.05, 0.1) is 6.61 Å². The molecule has 0 saturated carbocycles. The van der Waals surface area contributed by atoms with Crippen LogP contribution < -0.4 is 10.6 Å². The average molecular weight is 334 g/mol. The summed E-state index contributed by atoms with van der Waals surface area (Å²) in [5, 5.41) is 15.6. The Morgan fingerprint density at radius 3 is 3.04 bits per heavy atom. The van der Waals surface area contributed by atoms with E-state index in [0.717, 1.165) is 38.3 Å². The lowest BCUT2D eigenvalue weighted by atomic mass is 10.0. The number of nitrogens with one attached hydrogen (secondary N) is 2. The molecule has 2 heterocycles. The van der Waals surface area contributed by atoms with Gasteiger partial charge < -0.3 is 15.7 Å². The molecule has 1 aromatic rings. The van der Waals surface area contributed by atoms with Gasteiger partial charge in [-0.2, -0.15) is 0 Å². The van der Waals surface area contributed by atoms with Crippen molar-refractivity contribution in [2.45, 2.75) is 51.6 Å². The van der Waals surface area contributed by atoms with Crippen molar-refractivity contribution in [2.24, 2.45) is 0 Å². The summed E-state index contributed by atoms with van der Waals surface area (Å²) in [6.45, 7) is 7.00. The number of pyridine rings is 1. The summed E-state index contributed by atoms with van der Waals surface area (Å²) >= 11 is 0. The molecule has 0 aromatic carbocycles. The van der Waals surface area contributed by atoms with Gasteiger partial charge in [0.1, 0.15) is 5.82 Å². The average Bonchev–Trinajstić information content (AvgIpc) is 2.58. The van der Waals surface area contributed by atoms with Crippen LogP contribution in [0.1, 0.15) is 49.9 Å². The lowest BCUT2D eigenvalue weighted by molar-refractivity contribution is 0.0901. The van der Waals surface area contributed by atoms with Crippen LogP contribution in [0.25, 0.3) is 0 Å². The fourth-order valence-corrected chi connectivity index (χ4v) is 3.07. The molecule has 24 heavy (non-hydrogen) atoms. The molecule has 3 N–H and O–H groups in total. The predicted molar refractivity (Wildman–Crippen MR) is 96.2 cm³/mol. The van der Waals surface area contributed by atoms with Gasteiger partial charge in [-0.15, -0.1) is 0 Å². The van der Waals surface area contributed by atoms with Gasteiger partial charge in [0.25, 0.3) is 5.91 Å². The molecule has 6 heteroatoms. The minimum absolute atomic E-state index is 0.0745. The minimum atomic E-state index is -0.0745. The van der Waals surface area contributed by atoms with E-state index >= 15 is 0 Å². The van der Waals surface area contributed by atoms with Crippen molar-refractivity contribution >= 4 is 11.7 Å². The van der Waals surface area contributed by atoms with Crippen LogP contribution in [0.5, 0.6) is 0 Å². The van der Waals surface area contributed by atoms with E-state index in [4.69, 9.17) is 0 Å². The van der Waals surface area contributed by atoms with Gasteiger partial charge in [-0.1, -0.05) is 6.42 Å². The molecule has 1 aliphatic rings. The van der Waals surface area contributed by atoms with Gasteiger partial charge in [-0.25, -0.2) is 4.98 Å². The van der Waals surface area contributed by atoms with Crippen molar-refractivity contribution in [3.05, 3.63) is 23.9 Å². The number of aliphatic hydroxyl groups is 1. The summed E-state index contributed by atoms with van der Waals surface area (Å²) in [5.41, 5.74) is 0.623. The van der Waals surface area contributed by atoms with E-state index in [-0.39, 0.29) is 18.6 Å². The number of carbonyl (C=O) groups is 1. The maximum absolute atomic E-state index is 12.0. The zero-order valence-electron chi connectivity index (χ0n) is 14.8. The van der Waals surface area contributed by atoms with Crippen molar-refractivity contribution in [3.8, 4) is 0 Å². The Bertz CT molecular complexity index is 521. The molecule has 1 atom stereocenters. The smallest absolute Gasteiger partial charge is 0.251 e. The molecule has 1 aliphatic heterocycles. The van der Waals surface area contributed by atoms with Crippen molar-refractivity contribution in [2.75, 3.05) is 31.6 Å². The zero-order chi connectivity index (χ0) is 17.4. The number of nitrogens with zero attached hydrogens (tertiary/aromatic N) is 2. The molecule has 2 rings (SSSR count). The van der Waals surface area contributed by atoms with Crippen molar-refractivity contribution in [3.63, 3.8) is 0 Å². The summed E-state index contributed by atoms with van der Waals surface area (Å²) in [5.74, 6) is 0.651. The molecule has 1 amide bonds. The van der Waals surface area contributed by atoms with E-state index in [1.807, 2.05) is 13.8 Å². The maximum atomic E-state index is 12.0. The van der Waals surface area contributed by atoms with Gasteiger partial charge in [0.15, 0.2) is 0 Å². The first-order chi connectivity index (χ1) is 11.6. The van der Waals surface area contributed by atoms with Gasteiger partial charge in [0, 0.05) is 36.9 Å². The SMILES string of the molecule is CC(C)NC(=O)c1ccnc(NCCCN2CCCCC2CO)c1. The largest absolute Gasteiger partial charge is 0.395 e. The third-order valence-electron chi connectivity index (χ3n) is 4.33. The third kappa shape index (κ3) is 5.76. The number of anilines is 1. The highest BCUT2D eigenvalue weighted by Crippen LogP contribution is 2.16. The highest BCUT2D eigenvalue weighted by molar-refractivity contribution is 5.94. The first-order valence-electron chi connectivity index (χ1n) is 8.96. The van der Waals surface area contributed by atoms with Crippen molar-refractivity contribution < 1.29 is 9.90 Å². The van der Waals surface area contributed by atoms with Crippen LogP contribution in [0.2, 0.25) is 0 Å². The molecule has 134 valence electrons. The molecule has 0 bridgehead atoms. The monoisotopic (exact) mass is 334 g/mol. The molecule has 1 fully saturated rings. The standard InChI is InChI=1S/C18H30N4O2/c1-14(2)21-18(24)15-7-9-20-17(12-15)19-8-5-11-22-10-4-3-6-16(22)13-23/h7,9,12,14,16,23H,3-6,8,10-11,13H2,1-2H3,(H,19,20)(H,21,24). The molecule has 0 spiro atoms. The Labute approximate surface area is 144 Å². The van der Waals surface area contributed by atoms with Gasteiger partial charge in [0.2, 0.25) is 0 Å². The summed E-state index contributed by atoms with van der Waals surface area (Å²) in [4.78, 5) is 18.7. The van der Waals surface area contributed by atoms with E-state index in [0.29, 0.717) is 11.6 Å². The van der Waals surface area contributed by atoms with E-state index in [9.17, 15) is 9.90 Å². The number of amides is 1. The summed E-state index contributed by atoms with van der Waals surface area (Å²) in [7, 11) is 0. The van der Waals surface area contributed by atoms with Gasteiger partial charge in [-0.3, -0.25) is 9.69 Å². The van der Waals surface area contributed by atoms with E-state index in [1.165, 1.54) is 12.8 Å². The number of rotatable bonds is 8. The second-order valence-corrected chi connectivity index (χ2v) is 6.71. The number of carbonyl (C=O) groups excluding carboxylic acids is 1. The number of piperidine rings is 1. The number of aromatic nitrogens is 1. The lowest BCUT2D eigenvalue weighted by Crippen LogP contribution is -2.42. The molecule has 1 aromatic heterocycles. The number of hydrogen-bond donors (Lipinski definition) is 3. The van der Waals surface area contributed by atoms with Gasteiger partial charge >= 0.3 is 0 Å². The van der Waals surface area contributed by atoms with Crippen LogP contribution in [0.15, 0.2) is 18.3 Å². The summed E-state index contributed by atoms with van der Waals surface area (Å²) in [6, 6.07) is 3.95. The number of aliphatic hydroxyl groups excluding tert-OH is 1. The van der Waals surface area contributed by atoms with Gasteiger partial charge in [-0.05, 0) is 51.8 Å². The number of hydrogen-bond acceptors (Lipinski definition) is 5. The Balaban J connectivity index is 1.77. The third-order valence-corrected chi connectivity index (χ3v) is 4.33. The van der Waals surface area contributed by atoms with Crippen molar-refractivity contribution in [1.29, 1.82) is 0 Å². The Hall–Kier alpha value is -1.66. The maximum Gasteiger partial charge on any atom is 0.251 e. The van der Waals surface area contributed by atoms with Crippen LogP contribution >= 0.6 is 0 Å². The highest BCUT2D eigenvalue weighted by atomic mass is 16.3. The summed E-state index contributed by atoms with van der Waals surface area (Å²) in [6.07, 6.45) is 6.18. The quantitative estimate of drug-likeness (QED) is 0.633. The lowest BCUT2D eigenvalue weighted by Gasteiger charge is -2.34. The highest BCUT2D eigenvalue weighted by Gasteiger charge is 2.20. The number of likely N-dealkylation sites (tertiary alicyclic amines) is 1. The fraction of sp³-hybridized carbons (Fsp3) is 0.667. The zero-order valence-corrected chi connectivity index (χ0v) is 14.8. The normalized spacial score (nSPS) is 18.6. The molecular formula is C18H30N4O2. The van der Waals surface area contributed by atoms with Crippen LogP contribution in [-0.2, 0) is 0 Å². The Morgan fingerprint density at radius 1 is 1.46 bits per heavy atom. The van der Waals surface area contributed by atoms with E-state index in [1.54, 1.807) is 18.3 Å². The second kappa shape index (κ2) is 9.59. The molecule has 0 aliphatic carbocycles. The molecule has 0 radical (unpaired) electrons. The van der Waals surface area contributed by atoms with Crippen LogP contribution in [0.3, 0.4) is 0 Å². The predicted octanol–water partition coefficient (Wildman–Crippen LogP) is 1.87. The second-order valence-electron chi connectivity index (χ2n) is 6.71. The van der Waals surface area contributed by atoms with E-state index in [2.05, 4.69) is 20.5 Å². The van der Waals surface area contributed by atoms with Crippen LogP contribution in [0, 0.1) is 0 Å². The molecule has 1 unspecified atom stereocenters. The summed E-state index contributed by atoms with van der Waals surface area (Å²) < 4.78 is 0. The van der Waals surface area contributed by atoms with Crippen LogP contribution in [0.4, 0.5) is 5.82 Å². The Kier molecular flexibility index (Phi) is 7.46. The van der Waals surface area contributed by atoms with E-state index < -0.39 is 0 Å². The molecule has 1 saturated heterocycles. The molecule has 6 nitrogen and oxygen atoms in total. The van der Waals surface area contributed by atoms with Crippen molar-refractivity contribution in [1.82, 2.24) is 15.2 Å².